The maximum Gasteiger partial charge on any atom is 0.0352 e. The molecular weight excluding hydrogens is 168 g/mol. The third-order valence-electron chi connectivity index (χ3n) is 2.34. The lowest BCUT2D eigenvalue weighted by Crippen LogP contribution is -1.95. The van der Waals surface area contributed by atoms with Gasteiger partial charge in [-0.2, -0.15) is 0 Å². The van der Waals surface area contributed by atoms with Gasteiger partial charge in [-0.25, -0.2) is 0 Å². The average Bonchev–Trinajstić information content (AvgIpc) is 2.26. The van der Waals surface area contributed by atoms with Gasteiger partial charge in [0, 0.05) is 5.56 Å². The average molecular weight is 182 g/mol. The number of hydrogen-bond donors (Lipinski definition) is 0. The number of terminal acetylenes is 1. The van der Waals surface area contributed by atoms with Crippen LogP contribution in [0.4, 0.5) is 0 Å². The zero-order valence-electron chi connectivity index (χ0n) is 8.46. The van der Waals surface area contributed by atoms with Gasteiger partial charge < -0.3 is 0 Å². The maximum absolute atomic E-state index is 5.49. The van der Waals surface area contributed by atoms with Gasteiger partial charge in [0.2, 0.25) is 0 Å². The van der Waals surface area contributed by atoms with E-state index in [4.69, 9.17) is 6.42 Å². The topological polar surface area (TPSA) is 0 Å². The van der Waals surface area contributed by atoms with Crippen LogP contribution >= 0.6 is 0 Å². The van der Waals surface area contributed by atoms with Crippen LogP contribution in [-0.4, -0.2) is 0 Å². The van der Waals surface area contributed by atoms with Gasteiger partial charge in [0.15, 0.2) is 0 Å². The summed E-state index contributed by atoms with van der Waals surface area (Å²) < 4.78 is 0. The Morgan fingerprint density at radius 1 is 1.43 bits per heavy atom. The lowest BCUT2D eigenvalue weighted by atomic mass is 9.92. The van der Waals surface area contributed by atoms with Crippen LogP contribution in [0, 0.1) is 12.3 Å². The van der Waals surface area contributed by atoms with Crippen LogP contribution in [0.1, 0.15) is 29.5 Å². The number of allylic oxidation sites excluding steroid dienone is 1. The molecule has 1 rings (SSSR count). The number of rotatable bonds is 3. The van der Waals surface area contributed by atoms with Crippen LogP contribution in [0.25, 0.3) is 6.08 Å². The molecule has 0 aromatic heterocycles. The molecule has 1 unspecified atom stereocenters. The van der Waals surface area contributed by atoms with Crippen molar-refractivity contribution >= 4 is 6.08 Å². The van der Waals surface area contributed by atoms with Crippen LogP contribution < -0.4 is 0 Å². The molecule has 0 fully saturated rings. The van der Waals surface area contributed by atoms with Gasteiger partial charge in [0.25, 0.3) is 0 Å². The van der Waals surface area contributed by atoms with Crippen LogP contribution in [-0.2, 0) is 0 Å². The van der Waals surface area contributed by atoms with E-state index in [0.29, 0.717) is 0 Å². The summed E-state index contributed by atoms with van der Waals surface area (Å²) in [7, 11) is 0. The molecule has 0 aliphatic carbocycles. The largest absolute Gasteiger partial charge is 0.115 e. The van der Waals surface area contributed by atoms with Gasteiger partial charge in [0.05, 0.1) is 0 Å². The van der Waals surface area contributed by atoms with Crippen molar-refractivity contribution < 1.29 is 0 Å². The lowest BCUT2D eigenvalue weighted by molar-refractivity contribution is 0.965. The van der Waals surface area contributed by atoms with Gasteiger partial charge in [-0.15, -0.1) is 13.0 Å². The molecule has 0 heteroatoms. The number of hydrogen-bond acceptors (Lipinski definition) is 0. The zero-order chi connectivity index (χ0) is 10.6. The third-order valence-corrected chi connectivity index (χ3v) is 2.34. The van der Waals surface area contributed by atoms with Crippen LogP contribution in [0.3, 0.4) is 0 Å². The molecule has 0 N–H and O–H groups in total. The van der Waals surface area contributed by atoms with Gasteiger partial charge in [0.1, 0.15) is 0 Å². The molecule has 0 nitrogen and oxygen atoms in total. The highest BCUT2D eigenvalue weighted by molar-refractivity contribution is 5.61. The molecule has 1 atom stereocenters. The smallest absolute Gasteiger partial charge is 0.0352 e. The van der Waals surface area contributed by atoms with Crippen molar-refractivity contribution in [2.75, 3.05) is 0 Å². The zero-order valence-corrected chi connectivity index (χ0v) is 8.46. The Morgan fingerprint density at radius 2 is 2.14 bits per heavy atom. The SMILES string of the molecule is C#Cc1c(C=C)cccc1C(C)C=C. The first kappa shape index (κ1) is 10.3. The summed E-state index contributed by atoms with van der Waals surface area (Å²) in [5.74, 6) is 2.99. The molecule has 0 saturated heterocycles. The Hall–Kier alpha value is -1.74. The van der Waals surface area contributed by atoms with E-state index in [1.165, 1.54) is 0 Å². The second-order valence-electron chi connectivity index (χ2n) is 3.18. The van der Waals surface area contributed by atoms with Gasteiger partial charge in [-0.1, -0.05) is 49.8 Å². The van der Waals surface area contributed by atoms with E-state index in [1.54, 1.807) is 6.08 Å². The predicted octanol–water partition coefficient (Wildman–Crippen LogP) is 3.60. The van der Waals surface area contributed by atoms with Crippen molar-refractivity contribution in [2.24, 2.45) is 0 Å². The first-order valence-corrected chi connectivity index (χ1v) is 4.59. The fourth-order valence-electron chi connectivity index (χ4n) is 1.43. The minimum absolute atomic E-state index is 0.279. The molecule has 0 radical (unpaired) electrons. The molecular formula is C14H14. The molecule has 70 valence electrons. The maximum atomic E-state index is 5.49. The van der Waals surface area contributed by atoms with E-state index in [-0.39, 0.29) is 5.92 Å². The molecule has 0 spiro atoms. The summed E-state index contributed by atoms with van der Waals surface area (Å²) in [5.41, 5.74) is 3.08. The second-order valence-corrected chi connectivity index (χ2v) is 3.18. The molecule has 0 bridgehead atoms. The van der Waals surface area contributed by atoms with E-state index in [1.807, 2.05) is 24.3 Å². The van der Waals surface area contributed by atoms with Gasteiger partial charge in [-0.05, 0) is 17.0 Å². The standard InChI is InChI=1S/C14H14/c1-5-11(4)14-10-8-9-12(6-2)13(14)7-3/h3,5-6,8-11H,1-2H2,4H3. The summed E-state index contributed by atoms with van der Waals surface area (Å²) >= 11 is 0. The highest BCUT2D eigenvalue weighted by atomic mass is 14.1. The highest BCUT2D eigenvalue weighted by Gasteiger charge is 2.07. The van der Waals surface area contributed by atoms with Gasteiger partial charge >= 0.3 is 0 Å². The predicted molar refractivity (Wildman–Crippen MR) is 63.1 cm³/mol. The van der Waals surface area contributed by atoms with Crippen LogP contribution in [0.2, 0.25) is 0 Å². The van der Waals surface area contributed by atoms with Crippen molar-refractivity contribution in [1.82, 2.24) is 0 Å². The van der Waals surface area contributed by atoms with E-state index < -0.39 is 0 Å². The molecule has 0 saturated carbocycles. The second kappa shape index (κ2) is 4.48. The van der Waals surface area contributed by atoms with Crippen LogP contribution in [0.15, 0.2) is 37.4 Å². The Labute approximate surface area is 86.0 Å². The normalized spacial score (nSPS) is 11.4. The molecule has 0 amide bonds. The van der Waals surface area contributed by atoms with E-state index in [2.05, 4.69) is 26.0 Å². The Balaban J connectivity index is 3.37. The monoisotopic (exact) mass is 182 g/mol. The van der Waals surface area contributed by atoms with E-state index >= 15 is 0 Å². The van der Waals surface area contributed by atoms with Crippen molar-refractivity contribution in [2.45, 2.75) is 12.8 Å². The van der Waals surface area contributed by atoms with E-state index in [9.17, 15) is 0 Å². The summed E-state index contributed by atoms with van der Waals surface area (Å²) in [5, 5.41) is 0. The summed E-state index contributed by atoms with van der Waals surface area (Å²) in [6.45, 7) is 9.60. The highest BCUT2D eigenvalue weighted by Crippen LogP contribution is 2.23. The van der Waals surface area contributed by atoms with Crippen molar-refractivity contribution in [1.29, 1.82) is 0 Å². The Morgan fingerprint density at radius 3 is 2.64 bits per heavy atom. The molecule has 14 heavy (non-hydrogen) atoms. The lowest BCUT2D eigenvalue weighted by Gasteiger charge is -2.11. The first-order chi connectivity index (χ1) is 6.74. The minimum atomic E-state index is 0.279. The molecule has 1 aromatic rings. The van der Waals surface area contributed by atoms with Crippen molar-refractivity contribution in [3.8, 4) is 12.3 Å². The first-order valence-electron chi connectivity index (χ1n) is 4.59. The minimum Gasteiger partial charge on any atom is -0.115 e. The molecule has 1 aromatic carbocycles. The third kappa shape index (κ3) is 1.78. The quantitative estimate of drug-likeness (QED) is 0.495. The molecule has 0 aliphatic heterocycles. The Bertz CT molecular complexity index is 391. The number of benzene rings is 1. The van der Waals surface area contributed by atoms with Gasteiger partial charge in [-0.3, -0.25) is 0 Å². The van der Waals surface area contributed by atoms with Crippen LogP contribution in [0.5, 0.6) is 0 Å². The summed E-state index contributed by atoms with van der Waals surface area (Å²) in [6.07, 6.45) is 9.17. The fraction of sp³-hybridized carbons (Fsp3) is 0.143. The van der Waals surface area contributed by atoms with Crippen molar-refractivity contribution in [3.05, 3.63) is 54.1 Å². The molecule has 0 heterocycles. The summed E-state index contributed by atoms with van der Waals surface area (Å²) in [4.78, 5) is 0. The summed E-state index contributed by atoms with van der Waals surface area (Å²) in [6, 6.07) is 6.00. The molecule has 0 aliphatic rings. The van der Waals surface area contributed by atoms with Crippen molar-refractivity contribution in [3.63, 3.8) is 0 Å². The fourth-order valence-corrected chi connectivity index (χ4v) is 1.43. The Kier molecular flexibility index (Phi) is 3.31. The van der Waals surface area contributed by atoms with E-state index in [0.717, 1.165) is 16.7 Å².